The van der Waals surface area contributed by atoms with Gasteiger partial charge >= 0.3 is 29.6 Å². The van der Waals surface area contributed by atoms with Gasteiger partial charge in [0.1, 0.15) is 0 Å². The van der Waals surface area contributed by atoms with E-state index < -0.39 is 0 Å². The van der Waals surface area contributed by atoms with Crippen molar-refractivity contribution in [3.8, 4) is 0 Å². The van der Waals surface area contributed by atoms with Gasteiger partial charge in [0.05, 0.1) is 0 Å². The van der Waals surface area contributed by atoms with Crippen molar-refractivity contribution in [3.05, 3.63) is 10.4 Å². The van der Waals surface area contributed by atoms with E-state index >= 15 is 0 Å². The Morgan fingerprint density at radius 1 is 1.80 bits per heavy atom. The second kappa shape index (κ2) is 21.5. The first-order valence-electron chi connectivity index (χ1n) is 0.424. The van der Waals surface area contributed by atoms with E-state index in [1.807, 2.05) is 0 Å². The molecule has 0 rings (SSSR count). The van der Waals surface area contributed by atoms with Gasteiger partial charge in [-0.2, -0.15) is 0 Å². The van der Waals surface area contributed by atoms with Crippen molar-refractivity contribution in [2.24, 2.45) is 0 Å². The van der Waals surface area contributed by atoms with Gasteiger partial charge in [-0.15, -0.1) is 22.5 Å². The molecule has 0 aliphatic carbocycles. The van der Waals surface area contributed by atoms with Crippen LogP contribution in [0.3, 0.4) is 0 Å². The zero-order valence-electron chi connectivity index (χ0n) is 3.80. The van der Waals surface area contributed by atoms with E-state index in [1.54, 1.807) is 4.91 Å². The monoisotopic (exact) mass is 147 g/mol. The molecule has 5 heavy (non-hydrogen) atoms. The maximum Gasteiger partial charge on any atom is 1.00 e. The normalized spacial score (nSPS) is 1.60. The molecule has 0 aromatic rings. The maximum absolute atomic E-state index is 6.86. The molecule has 0 unspecified atom stereocenters. The summed E-state index contributed by atoms with van der Waals surface area (Å²) in [4.78, 5) is 1.75. The molecular formula is H3BrN3Na. The Morgan fingerprint density at radius 2 is 1.80 bits per heavy atom. The summed E-state index contributed by atoms with van der Waals surface area (Å²) in [6.45, 7) is 0. The smallest absolute Gasteiger partial charge is 1.00 e. The Labute approximate surface area is 63.7 Å². The number of nitrogens with one attached hydrogen (secondary N) is 1. The molecule has 3 nitrogen and oxygen atoms in total. The quantitative estimate of drug-likeness (QED) is 0.189. The van der Waals surface area contributed by atoms with Crippen molar-refractivity contribution in [3.63, 3.8) is 0 Å². The van der Waals surface area contributed by atoms with Crippen LogP contribution in [0.5, 0.6) is 0 Å². The van der Waals surface area contributed by atoms with Crippen LogP contribution in [-0.2, 0) is 0 Å². The average Bonchev–Trinajstić information content (AvgIpc) is 0.918. The van der Waals surface area contributed by atoms with Gasteiger partial charge in [-0.1, -0.05) is 0 Å². The summed E-state index contributed by atoms with van der Waals surface area (Å²) in [6.07, 6.45) is 0. The van der Waals surface area contributed by atoms with Crippen LogP contribution in [0.2, 0.25) is 0 Å². The van der Waals surface area contributed by atoms with Crippen LogP contribution in [0.15, 0.2) is 0 Å². The van der Waals surface area contributed by atoms with Crippen molar-refractivity contribution in [2.45, 2.75) is 0 Å². The summed E-state index contributed by atoms with van der Waals surface area (Å²) < 4.78 is 0. The van der Waals surface area contributed by atoms with Gasteiger partial charge in [0.25, 0.3) is 0 Å². The average molecular weight is 148 g/mol. The third-order valence-corrected chi connectivity index (χ3v) is 0. The van der Waals surface area contributed by atoms with Gasteiger partial charge < -0.3 is 1.43 Å². The second-order valence-corrected chi connectivity index (χ2v) is 0.100. The summed E-state index contributed by atoms with van der Waals surface area (Å²) >= 11 is 0. The summed E-state index contributed by atoms with van der Waals surface area (Å²) in [5.41, 5.74) is 12.2. The van der Waals surface area contributed by atoms with Gasteiger partial charge in [0.2, 0.25) is 0 Å². The zero-order chi connectivity index (χ0) is 2.71. The van der Waals surface area contributed by atoms with Gasteiger partial charge in [-0.25, -0.2) is 0 Å². The van der Waals surface area contributed by atoms with Crippen LogP contribution in [0.1, 0.15) is 1.43 Å². The minimum Gasteiger partial charge on any atom is -1.00 e. The Balaban J connectivity index is -0.00000000667. The predicted octanol–water partition coefficient (Wildman–Crippen LogP) is -1.43. The predicted molar refractivity (Wildman–Crippen MR) is 20.9 cm³/mol. The molecule has 0 aliphatic heterocycles. The standard InChI is InChI=1S/BrH.HN3.Na.H/c;1-3-2;;/h1H;1H;;/q;;+1;-1. The fourth-order valence-corrected chi connectivity index (χ4v) is 0. The molecule has 0 bridgehead atoms. The zero-order valence-corrected chi connectivity index (χ0v) is 6.52. The van der Waals surface area contributed by atoms with Crippen LogP contribution in [-0.4, -0.2) is 0 Å². The number of hydrogen-bond acceptors (Lipinski definition) is 1. The van der Waals surface area contributed by atoms with Crippen LogP contribution in [0.25, 0.3) is 10.4 Å². The number of hydrogen-bond donors (Lipinski definition) is 1. The van der Waals surface area contributed by atoms with Crippen LogP contribution >= 0.6 is 17.0 Å². The van der Waals surface area contributed by atoms with Crippen molar-refractivity contribution in [1.29, 1.82) is 5.53 Å². The Bertz CT molecular complexity index is 31.8. The SMILES string of the molecule is Br.[H-].[N-]=[N+]=N.[Na+]. The number of halogens is 1. The molecule has 1 N–H and O–H groups in total. The molecule has 26 valence electrons. The summed E-state index contributed by atoms with van der Waals surface area (Å²) in [6, 6.07) is 0. The van der Waals surface area contributed by atoms with E-state index in [0.29, 0.717) is 0 Å². The van der Waals surface area contributed by atoms with E-state index in [2.05, 4.69) is 0 Å². The van der Waals surface area contributed by atoms with Crippen LogP contribution < -0.4 is 29.6 Å². The van der Waals surface area contributed by atoms with E-state index in [0.717, 1.165) is 0 Å². The molecule has 0 aliphatic rings. The molecule has 0 heterocycles. The molecular weight excluding hydrogens is 145 g/mol. The maximum atomic E-state index is 6.86. The third-order valence-electron chi connectivity index (χ3n) is 0. The van der Waals surface area contributed by atoms with Gasteiger partial charge in [-0.3, -0.25) is 0 Å². The molecule has 5 heteroatoms. The summed E-state index contributed by atoms with van der Waals surface area (Å²) in [7, 11) is 0. The molecule has 0 fully saturated rings. The van der Waals surface area contributed by atoms with Crippen molar-refractivity contribution in [1.82, 2.24) is 0 Å². The van der Waals surface area contributed by atoms with Gasteiger partial charge in [0.15, 0.2) is 0 Å². The molecule has 0 saturated heterocycles. The van der Waals surface area contributed by atoms with E-state index in [9.17, 15) is 0 Å². The fraction of sp³-hybridized carbons (Fsp3) is 0. The fourth-order valence-electron chi connectivity index (χ4n) is 0. The molecule has 0 radical (unpaired) electrons. The minimum absolute atomic E-state index is 0. The summed E-state index contributed by atoms with van der Waals surface area (Å²) in [5, 5.41) is 0. The Morgan fingerprint density at radius 3 is 1.80 bits per heavy atom. The van der Waals surface area contributed by atoms with Crippen molar-refractivity contribution >= 4 is 17.0 Å². The molecule has 0 saturated carbocycles. The largest absolute Gasteiger partial charge is 1.00 e. The topological polar surface area (TPSA) is 60.3 Å². The van der Waals surface area contributed by atoms with Gasteiger partial charge in [0, 0.05) is 0 Å². The summed E-state index contributed by atoms with van der Waals surface area (Å²) in [5.74, 6) is 0. The van der Waals surface area contributed by atoms with E-state index in [1.165, 1.54) is 0 Å². The molecule has 0 amide bonds. The molecule has 0 atom stereocenters. The first-order chi connectivity index (χ1) is 1.41. The van der Waals surface area contributed by atoms with E-state index in [-0.39, 0.29) is 48.0 Å². The Kier molecular flexibility index (Phi) is 73.3. The first-order valence-corrected chi connectivity index (χ1v) is 0.424. The number of nitrogens with zero attached hydrogens (tertiary/aromatic N) is 2. The van der Waals surface area contributed by atoms with Crippen LogP contribution in [0.4, 0.5) is 0 Å². The van der Waals surface area contributed by atoms with Crippen molar-refractivity contribution in [2.75, 3.05) is 0 Å². The third kappa shape index (κ3) is 59.7. The molecule has 0 spiro atoms. The Hall–Kier alpha value is 0.790. The molecule has 0 aromatic heterocycles. The van der Waals surface area contributed by atoms with E-state index in [4.69, 9.17) is 11.1 Å². The van der Waals surface area contributed by atoms with Crippen LogP contribution in [0, 0.1) is 5.53 Å². The van der Waals surface area contributed by atoms with Crippen molar-refractivity contribution < 1.29 is 31.0 Å². The first kappa shape index (κ1) is 17.1. The van der Waals surface area contributed by atoms with Gasteiger partial charge in [-0.05, 0) is 10.4 Å². The number of rotatable bonds is 0. The molecule has 0 aromatic carbocycles. The minimum atomic E-state index is 0. The second-order valence-electron chi connectivity index (χ2n) is 0.100.